The Morgan fingerprint density at radius 3 is 2.59 bits per heavy atom. The van der Waals surface area contributed by atoms with Crippen molar-refractivity contribution < 1.29 is 17.9 Å². The fourth-order valence-corrected chi connectivity index (χ4v) is 3.85. The number of primary sulfonamides is 1. The highest BCUT2D eigenvalue weighted by Gasteiger charge is 2.18. The molecule has 2 aromatic carbocycles. The number of carbonyl (C=O) groups is 1. The van der Waals surface area contributed by atoms with Gasteiger partial charge in [-0.1, -0.05) is 41.4 Å². The van der Waals surface area contributed by atoms with Gasteiger partial charge in [0.2, 0.25) is 10.0 Å². The Hall–Kier alpha value is -2.19. The molecule has 0 radical (unpaired) electrons. The van der Waals surface area contributed by atoms with Gasteiger partial charge in [0.25, 0.3) is 0 Å². The summed E-state index contributed by atoms with van der Waals surface area (Å²) in [6, 6.07) is 11.2. The first-order valence-electron chi connectivity index (χ1n) is 7.71. The highest BCUT2D eigenvalue weighted by Crippen LogP contribution is 2.28. The Morgan fingerprint density at radius 2 is 1.89 bits per heavy atom. The monoisotopic (exact) mass is 424 g/mol. The van der Waals surface area contributed by atoms with Crippen LogP contribution in [-0.2, 0) is 21.4 Å². The van der Waals surface area contributed by atoms with Crippen LogP contribution in [0.2, 0.25) is 10.0 Å². The van der Waals surface area contributed by atoms with Gasteiger partial charge in [-0.05, 0) is 36.8 Å². The van der Waals surface area contributed by atoms with E-state index in [1.807, 2.05) is 31.2 Å². The summed E-state index contributed by atoms with van der Waals surface area (Å²) in [4.78, 5) is 16.4. The number of nitrogens with two attached hydrogens (primary N) is 1. The molecule has 1 heterocycles. The molecule has 27 heavy (non-hydrogen) atoms. The highest BCUT2D eigenvalue weighted by molar-refractivity contribution is 7.89. The van der Waals surface area contributed by atoms with Crippen LogP contribution in [0.25, 0.3) is 10.9 Å². The normalized spacial score (nSPS) is 11.6. The fourth-order valence-electron chi connectivity index (χ4n) is 2.58. The van der Waals surface area contributed by atoms with Crippen molar-refractivity contribution in [1.82, 2.24) is 4.98 Å². The first-order valence-corrected chi connectivity index (χ1v) is 10.0. The zero-order chi connectivity index (χ0) is 19.8. The van der Waals surface area contributed by atoms with E-state index in [4.69, 9.17) is 33.1 Å². The van der Waals surface area contributed by atoms with Gasteiger partial charge in [-0.3, -0.25) is 0 Å². The number of esters is 1. The molecule has 0 aliphatic rings. The van der Waals surface area contributed by atoms with Gasteiger partial charge in [0.1, 0.15) is 11.5 Å². The summed E-state index contributed by atoms with van der Waals surface area (Å²) in [7, 11) is -4.07. The van der Waals surface area contributed by atoms with Crippen LogP contribution in [0, 0.1) is 6.92 Å². The minimum atomic E-state index is -4.07. The highest BCUT2D eigenvalue weighted by atomic mass is 35.5. The van der Waals surface area contributed by atoms with E-state index in [1.165, 1.54) is 12.1 Å². The van der Waals surface area contributed by atoms with Crippen LogP contribution in [-0.4, -0.2) is 19.4 Å². The lowest BCUT2D eigenvalue weighted by molar-refractivity contribution is 0.0468. The molecule has 0 fully saturated rings. The number of rotatable bonds is 4. The molecular weight excluding hydrogens is 411 g/mol. The maximum absolute atomic E-state index is 12.3. The molecule has 0 spiro atoms. The number of aromatic nitrogens is 1. The maximum atomic E-state index is 12.3. The summed E-state index contributed by atoms with van der Waals surface area (Å²) in [6.45, 7) is 1.69. The van der Waals surface area contributed by atoms with Gasteiger partial charge < -0.3 is 4.74 Å². The van der Waals surface area contributed by atoms with Crippen molar-refractivity contribution in [3.8, 4) is 0 Å². The van der Waals surface area contributed by atoms with Crippen LogP contribution < -0.4 is 5.14 Å². The first kappa shape index (κ1) is 19.6. The maximum Gasteiger partial charge on any atom is 0.338 e. The number of hydrogen-bond acceptors (Lipinski definition) is 5. The van der Waals surface area contributed by atoms with E-state index in [2.05, 4.69) is 4.98 Å². The number of aryl methyl sites for hydroxylation is 1. The van der Waals surface area contributed by atoms with Crippen molar-refractivity contribution in [3.63, 3.8) is 0 Å². The smallest absolute Gasteiger partial charge is 0.338 e. The van der Waals surface area contributed by atoms with Crippen LogP contribution in [0.5, 0.6) is 0 Å². The molecule has 3 aromatic rings. The number of sulfonamides is 1. The second-order valence-corrected chi connectivity index (χ2v) is 8.10. The summed E-state index contributed by atoms with van der Waals surface area (Å²) in [5.74, 6) is -0.750. The van der Waals surface area contributed by atoms with Crippen molar-refractivity contribution in [1.29, 1.82) is 0 Å². The third-order valence-electron chi connectivity index (χ3n) is 3.96. The van der Waals surface area contributed by atoms with E-state index in [9.17, 15) is 13.2 Å². The summed E-state index contributed by atoms with van der Waals surface area (Å²) >= 11 is 12.2. The van der Waals surface area contributed by atoms with E-state index < -0.39 is 16.0 Å². The minimum absolute atomic E-state index is 0.00272. The zero-order valence-electron chi connectivity index (χ0n) is 14.1. The Kier molecular flexibility index (Phi) is 5.39. The molecule has 3 rings (SSSR count). The topological polar surface area (TPSA) is 99.4 Å². The SMILES string of the molecule is Cc1c(Cl)c(COC(=O)c2ccc(Cl)c(S(N)(=O)=O)c2)nc2ccccc12. The lowest BCUT2D eigenvalue weighted by atomic mass is 10.1. The average molecular weight is 425 g/mol. The van der Waals surface area contributed by atoms with Crippen LogP contribution in [0.3, 0.4) is 0 Å². The molecule has 0 saturated carbocycles. The summed E-state index contributed by atoms with van der Waals surface area (Å²) < 4.78 is 28.3. The molecule has 1 aromatic heterocycles. The van der Waals surface area contributed by atoms with Crippen molar-refractivity contribution in [2.75, 3.05) is 0 Å². The number of benzene rings is 2. The quantitative estimate of drug-likeness (QED) is 0.640. The van der Waals surface area contributed by atoms with Crippen LogP contribution in [0.4, 0.5) is 0 Å². The Balaban J connectivity index is 1.87. The predicted octanol–water partition coefficient (Wildman–Crippen LogP) is 3.85. The van der Waals surface area contributed by atoms with Gasteiger partial charge in [-0.2, -0.15) is 0 Å². The molecule has 0 unspecified atom stereocenters. The van der Waals surface area contributed by atoms with E-state index in [0.717, 1.165) is 22.5 Å². The number of halogens is 2. The van der Waals surface area contributed by atoms with Crippen LogP contribution >= 0.6 is 23.2 Å². The molecule has 0 bridgehead atoms. The Bertz CT molecular complexity index is 1160. The van der Waals surface area contributed by atoms with Crippen molar-refractivity contribution in [2.24, 2.45) is 5.14 Å². The molecule has 9 heteroatoms. The van der Waals surface area contributed by atoms with Gasteiger partial charge in [0.15, 0.2) is 0 Å². The van der Waals surface area contributed by atoms with Crippen LogP contribution in [0.15, 0.2) is 47.4 Å². The molecule has 2 N–H and O–H groups in total. The average Bonchev–Trinajstić information content (AvgIpc) is 2.62. The molecule has 140 valence electrons. The third kappa shape index (κ3) is 4.06. The number of fused-ring (bicyclic) bond motifs is 1. The molecule has 0 saturated heterocycles. The first-order chi connectivity index (χ1) is 12.7. The summed E-state index contributed by atoms with van der Waals surface area (Å²) in [5.41, 5.74) is 1.96. The molecule has 0 atom stereocenters. The predicted molar refractivity (Wildman–Crippen MR) is 103 cm³/mol. The number of carbonyl (C=O) groups excluding carboxylic acids is 1. The lowest BCUT2D eigenvalue weighted by Crippen LogP contribution is -2.14. The van der Waals surface area contributed by atoms with Gasteiger partial charge in [0, 0.05) is 5.39 Å². The van der Waals surface area contributed by atoms with Crippen LogP contribution in [0.1, 0.15) is 21.6 Å². The van der Waals surface area contributed by atoms with Crippen molar-refractivity contribution in [2.45, 2.75) is 18.4 Å². The number of hydrogen-bond donors (Lipinski definition) is 1. The van der Waals surface area contributed by atoms with E-state index >= 15 is 0 Å². The largest absolute Gasteiger partial charge is 0.456 e. The molecular formula is C18H14Cl2N2O4S. The van der Waals surface area contributed by atoms with Gasteiger partial charge >= 0.3 is 5.97 Å². The molecule has 0 aliphatic carbocycles. The zero-order valence-corrected chi connectivity index (χ0v) is 16.4. The minimum Gasteiger partial charge on any atom is -0.456 e. The summed E-state index contributed by atoms with van der Waals surface area (Å²) in [6.07, 6.45) is 0. The Morgan fingerprint density at radius 1 is 1.19 bits per heavy atom. The van der Waals surface area contributed by atoms with Gasteiger partial charge in [-0.25, -0.2) is 23.3 Å². The lowest BCUT2D eigenvalue weighted by Gasteiger charge is -2.11. The van der Waals surface area contributed by atoms with Gasteiger partial charge in [0.05, 0.1) is 26.8 Å². The molecule has 6 nitrogen and oxygen atoms in total. The van der Waals surface area contributed by atoms with Crippen molar-refractivity contribution >= 4 is 50.1 Å². The molecule has 0 amide bonds. The second kappa shape index (κ2) is 7.44. The summed E-state index contributed by atoms with van der Waals surface area (Å²) in [5, 5.41) is 6.33. The standard InChI is InChI=1S/C18H14Cl2N2O4S/c1-10-12-4-2-3-5-14(12)22-15(17(10)20)9-26-18(23)11-6-7-13(19)16(8-11)27(21,24)25/h2-8H,9H2,1H3,(H2,21,24,25). The number of ether oxygens (including phenoxy) is 1. The molecule has 0 aliphatic heterocycles. The van der Waals surface area contributed by atoms with Crippen molar-refractivity contribution in [3.05, 3.63) is 69.3 Å². The van der Waals surface area contributed by atoms with E-state index in [-0.39, 0.29) is 22.1 Å². The number of para-hydroxylation sites is 1. The second-order valence-electron chi connectivity index (χ2n) is 5.78. The van der Waals surface area contributed by atoms with E-state index in [0.29, 0.717) is 10.7 Å². The number of nitrogens with zero attached hydrogens (tertiary/aromatic N) is 1. The third-order valence-corrected chi connectivity index (χ3v) is 5.85. The fraction of sp³-hybridized carbons (Fsp3) is 0.111. The van der Waals surface area contributed by atoms with Gasteiger partial charge in [-0.15, -0.1) is 0 Å². The van der Waals surface area contributed by atoms with E-state index in [1.54, 1.807) is 0 Å². The Labute approximate surface area is 165 Å². The number of pyridine rings is 1.